The van der Waals surface area contributed by atoms with Crippen molar-refractivity contribution in [3.05, 3.63) is 83.4 Å². The Kier molecular flexibility index (Phi) is 10.2. The van der Waals surface area contributed by atoms with Crippen LogP contribution in [0.25, 0.3) is 0 Å². The highest BCUT2D eigenvalue weighted by atomic mass is 19.4. The molecule has 0 aliphatic rings. The molecular formula is C28H27F3N4O5. The maximum Gasteiger partial charge on any atom is 0.416 e. The van der Waals surface area contributed by atoms with Gasteiger partial charge in [-0.2, -0.15) is 18.3 Å². The number of amides is 3. The topological polar surface area (TPSA) is 118 Å². The molecule has 3 rings (SSSR count). The van der Waals surface area contributed by atoms with Crippen molar-refractivity contribution in [1.29, 1.82) is 0 Å². The van der Waals surface area contributed by atoms with E-state index in [9.17, 15) is 27.6 Å². The number of halogens is 3. The van der Waals surface area contributed by atoms with Crippen LogP contribution in [0.4, 0.5) is 24.5 Å². The highest BCUT2D eigenvalue weighted by molar-refractivity contribution is 6.39. The molecule has 3 N–H and O–H groups in total. The lowest BCUT2D eigenvalue weighted by Gasteiger charge is -2.13. The van der Waals surface area contributed by atoms with E-state index < -0.39 is 36.1 Å². The average Bonchev–Trinajstić information content (AvgIpc) is 2.92. The number of hydrazone groups is 1. The summed E-state index contributed by atoms with van der Waals surface area (Å²) >= 11 is 0. The monoisotopic (exact) mass is 556 g/mol. The van der Waals surface area contributed by atoms with Crippen LogP contribution in [0.3, 0.4) is 0 Å². The van der Waals surface area contributed by atoms with Gasteiger partial charge in [-0.3, -0.25) is 14.4 Å². The average molecular weight is 557 g/mol. The molecular weight excluding hydrogens is 529 g/mol. The van der Waals surface area contributed by atoms with E-state index in [0.29, 0.717) is 17.7 Å². The normalized spacial score (nSPS) is 11.1. The van der Waals surface area contributed by atoms with Gasteiger partial charge in [0.05, 0.1) is 18.4 Å². The van der Waals surface area contributed by atoms with E-state index >= 15 is 0 Å². The smallest absolute Gasteiger partial charge is 0.416 e. The van der Waals surface area contributed by atoms with Gasteiger partial charge in [0.2, 0.25) is 0 Å². The van der Waals surface area contributed by atoms with Crippen LogP contribution in [0.15, 0.2) is 71.8 Å². The molecule has 9 nitrogen and oxygen atoms in total. The molecule has 0 atom stereocenters. The largest absolute Gasteiger partial charge is 0.490 e. The molecule has 12 heteroatoms. The van der Waals surface area contributed by atoms with E-state index in [1.165, 1.54) is 30.5 Å². The van der Waals surface area contributed by atoms with E-state index in [1.807, 2.05) is 19.1 Å². The van der Waals surface area contributed by atoms with Gasteiger partial charge in [0.25, 0.3) is 5.91 Å². The van der Waals surface area contributed by atoms with Gasteiger partial charge in [0.1, 0.15) is 0 Å². The number of hydrogen-bond acceptors (Lipinski definition) is 6. The maximum atomic E-state index is 12.9. The maximum absolute atomic E-state index is 12.9. The lowest BCUT2D eigenvalue weighted by molar-refractivity contribution is -0.137. The van der Waals surface area contributed by atoms with Gasteiger partial charge in [-0.1, -0.05) is 31.2 Å². The number of carbonyl (C=O) groups is 3. The van der Waals surface area contributed by atoms with Crippen LogP contribution in [0.5, 0.6) is 11.5 Å². The predicted octanol–water partition coefficient (Wildman–Crippen LogP) is 4.77. The Labute approximate surface area is 228 Å². The summed E-state index contributed by atoms with van der Waals surface area (Å²) in [6, 6.07) is 16.0. The molecule has 210 valence electrons. The number of carbonyl (C=O) groups excluding carboxylic acids is 3. The van der Waals surface area contributed by atoms with Gasteiger partial charge >= 0.3 is 18.0 Å². The Hall–Kier alpha value is -4.87. The van der Waals surface area contributed by atoms with Gasteiger partial charge in [-0.25, -0.2) is 5.43 Å². The molecule has 3 aromatic carbocycles. The summed E-state index contributed by atoms with van der Waals surface area (Å²) in [7, 11) is 0. The Morgan fingerprint density at radius 3 is 2.38 bits per heavy atom. The third-order valence-electron chi connectivity index (χ3n) is 5.33. The summed E-state index contributed by atoms with van der Waals surface area (Å²) in [5.41, 5.74) is 3.15. The van der Waals surface area contributed by atoms with Crippen LogP contribution in [0, 0.1) is 0 Å². The zero-order valence-corrected chi connectivity index (χ0v) is 21.7. The summed E-state index contributed by atoms with van der Waals surface area (Å²) in [6.07, 6.45) is -2.57. The summed E-state index contributed by atoms with van der Waals surface area (Å²) < 4.78 is 49.7. The zero-order valence-electron chi connectivity index (χ0n) is 21.7. The Balaban J connectivity index is 1.57. The van der Waals surface area contributed by atoms with Gasteiger partial charge in [-0.15, -0.1) is 0 Å². The van der Waals surface area contributed by atoms with Crippen LogP contribution >= 0.6 is 0 Å². The highest BCUT2D eigenvalue weighted by Crippen LogP contribution is 2.31. The van der Waals surface area contributed by atoms with Crippen LogP contribution < -0.4 is 25.5 Å². The van der Waals surface area contributed by atoms with Crippen molar-refractivity contribution in [2.75, 3.05) is 23.8 Å². The number of hydrogen-bond donors (Lipinski definition) is 3. The Morgan fingerprint density at radius 1 is 0.875 bits per heavy atom. The molecule has 0 heterocycles. The fraction of sp³-hybridized carbons (Fsp3) is 0.214. The predicted molar refractivity (Wildman–Crippen MR) is 143 cm³/mol. The SMILES string of the molecule is CCOc1cc(/C=N\NC(=O)C(=O)Nc2ccccc2CC)ccc1OCC(=O)Nc1cccc(C(F)(F)F)c1. The second kappa shape index (κ2) is 13.8. The van der Waals surface area contributed by atoms with Crippen molar-refractivity contribution in [3.63, 3.8) is 0 Å². The minimum atomic E-state index is -4.54. The summed E-state index contributed by atoms with van der Waals surface area (Å²) in [4.78, 5) is 36.6. The lowest BCUT2D eigenvalue weighted by Crippen LogP contribution is -2.32. The van der Waals surface area contributed by atoms with Gasteiger partial charge < -0.3 is 20.1 Å². The minimum absolute atomic E-state index is 0.0229. The van der Waals surface area contributed by atoms with Crippen molar-refractivity contribution >= 4 is 35.3 Å². The first-order valence-corrected chi connectivity index (χ1v) is 12.2. The number of alkyl halides is 3. The molecule has 0 fully saturated rings. The van der Waals surface area contributed by atoms with Crippen LogP contribution in [0.2, 0.25) is 0 Å². The Bertz CT molecular complexity index is 1390. The molecule has 0 unspecified atom stereocenters. The number of benzene rings is 3. The lowest BCUT2D eigenvalue weighted by atomic mass is 10.1. The number of anilines is 2. The molecule has 0 aromatic heterocycles. The molecule has 3 aromatic rings. The number of rotatable bonds is 10. The van der Waals surface area contributed by atoms with Crippen molar-refractivity contribution in [1.82, 2.24) is 5.43 Å². The summed E-state index contributed by atoms with van der Waals surface area (Å²) in [6.45, 7) is 3.44. The first-order chi connectivity index (χ1) is 19.1. The van der Waals surface area contributed by atoms with E-state index in [4.69, 9.17) is 9.47 Å². The molecule has 0 aliphatic heterocycles. The molecule has 0 spiro atoms. The van der Waals surface area contributed by atoms with E-state index in [-0.39, 0.29) is 23.8 Å². The van der Waals surface area contributed by atoms with Gasteiger partial charge in [-0.05, 0) is 66.9 Å². The van der Waals surface area contributed by atoms with Crippen molar-refractivity contribution in [3.8, 4) is 11.5 Å². The van der Waals surface area contributed by atoms with E-state index in [0.717, 1.165) is 17.7 Å². The first-order valence-electron chi connectivity index (χ1n) is 12.2. The fourth-order valence-corrected chi connectivity index (χ4v) is 3.45. The fourth-order valence-electron chi connectivity index (χ4n) is 3.45. The molecule has 40 heavy (non-hydrogen) atoms. The zero-order chi connectivity index (χ0) is 29.1. The molecule has 3 amide bonds. The van der Waals surface area contributed by atoms with E-state index in [2.05, 4.69) is 21.2 Å². The van der Waals surface area contributed by atoms with Crippen LogP contribution in [0.1, 0.15) is 30.5 Å². The van der Waals surface area contributed by atoms with Crippen molar-refractivity contribution in [2.24, 2.45) is 5.10 Å². The van der Waals surface area contributed by atoms with Crippen LogP contribution in [-0.2, 0) is 27.0 Å². The van der Waals surface area contributed by atoms with Gasteiger partial charge in [0.15, 0.2) is 18.1 Å². The number of aryl methyl sites for hydroxylation is 1. The minimum Gasteiger partial charge on any atom is -0.490 e. The second-order valence-corrected chi connectivity index (χ2v) is 8.22. The summed E-state index contributed by atoms with van der Waals surface area (Å²) in [5.74, 6) is -2.04. The molecule has 0 saturated carbocycles. The van der Waals surface area contributed by atoms with Gasteiger partial charge in [0, 0.05) is 11.4 Å². The second-order valence-electron chi connectivity index (χ2n) is 8.22. The van der Waals surface area contributed by atoms with E-state index in [1.54, 1.807) is 25.1 Å². The highest BCUT2D eigenvalue weighted by Gasteiger charge is 2.30. The number of nitrogens with zero attached hydrogens (tertiary/aromatic N) is 1. The Morgan fingerprint density at radius 2 is 1.65 bits per heavy atom. The van der Waals surface area contributed by atoms with Crippen molar-refractivity contribution < 1.29 is 37.0 Å². The molecule has 0 saturated heterocycles. The van der Waals surface area contributed by atoms with Crippen molar-refractivity contribution in [2.45, 2.75) is 26.4 Å². The third kappa shape index (κ3) is 8.58. The van der Waals surface area contributed by atoms with Crippen LogP contribution in [-0.4, -0.2) is 37.1 Å². The third-order valence-corrected chi connectivity index (χ3v) is 5.33. The standard InChI is InChI=1S/C28H27F3N4O5/c1-3-19-8-5-6-11-22(19)34-26(37)27(38)35-32-16-18-12-13-23(24(14-18)39-4-2)40-17-25(36)33-21-10-7-9-20(15-21)28(29,30)31/h5-16H,3-4,17H2,1-2H3,(H,33,36)(H,34,37)(H,35,38)/b32-16-. The first kappa shape index (κ1) is 29.7. The summed E-state index contributed by atoms with van der Waals surface area (Å²) in [5, 5.41) is 8.70. The molecule has 0 radical (unpaired) electrons. The number of ether oxygens (including phenoxy) is 2. The quantitative estimate of drug-likeness (QED) is 0.189. The number of para-hydroxylation sites is 1. The number of nitrogens with one attached hydrogen (secondary N) is 3. The molecule has 0 bridgehead atoms. The molecule has 0 aliphatic carbocycles.